The first-order valence-electron chi connectivity index (χ1n) is 11.9. The molecule has 7 nitrogen and oxygen atoms in total. The van der Waals surface area contributed by atoms with E-state index >= 15 is 0 Å². The molecule has 2 aliphatic heterocycles. The van der Waals surface area contributed by atoms with Crippen LogP contribution in [0.3, 0.4) is 0 Å². The maximum absolute atomic E-state index is 13.6. The summed E-state index contributed by atoms with van der Waals surface area (Å²) in [5.74, 6) is 4.78. The van der Waals surface area contributed by atoms with Crippen LogP contribution in [-0.4, -0.2) is 73.5 Å². The highest BCUT2D eigenvalue weighted by Crippen LogP contribution is 2.60. The van der Waals surface area contributed by atoms with Gasteiger partial charge in [-0.05, 0) is 68.4 Å². The molecule has 0 N–H and O–H groups in total. The third-order valence-electron chi connectivity index (χ3n) is 8.35. The highest BCUT2D eigenvalue weighted by atomic mass is 16.5. The van der Waals surface area contributed by atoms with Crippen molar-refractivity contribution in [3.05, 3.63) is 12.1 Å². The maximum atomic E-state index is 13.6. The van der Waals surface area contributed by atoms with E-state index in [1.807, 2.05) is 0 Å². The molecule has 2 saturated heterocycles. The Hall–Kier alpha value is -1.89. The van der Waals surface area contributed by atoms with Crippen molar-refractivity contribution in [2.75, 3.05) is 62.3 Å². The quantitative estimate of drug-likeness (QED) is 0.760. The van der Waals surface area contributed by atoms with Gasteiger partial charge >= 0.3 is 0 Å². The molecule has 3 heterocycles. The van der Waals surface area contributed by atoms with Crippen LogP contribution in [0.4, 0.5) is 11.6 Å². The van der Waals surface area contributed by atoms with E-state index in [1.165, 1.54) is 19.3 Å². The van der Waals surface area contributed by atoms with Gasteiger partial charge in [-0.2, -0.15) is 0 Å². The first-order chi connectivity index (χ1) is 14.7. The second kappa shape index (κ2) is 7.36. The summed E-state index contributed by atoms with van der Waals surface area (Å²) in [5, 5.41) is 8.95. The lowest BCUT2D eigenvalue weighted by atomic mass is 9.49. The van der Waals surface area contributed by atoms with Crippen LogP contribution in [0.15, 0.2) is 12.1 Å². The Bertz CT molecular complexity index is 748. The van der Waals surface area contributed by atoms with Gasteiger partial charge in [-0.1, -0.05) is 0 Å². The largest absolute Gasteiger partial charge is 0.378 e. The van der Waals surface area contributed by atoms with Crippen molar-refractivity contribution in [1.82, 2.24) is 15.1 Å². The number of ether oxygens (including phenoxy) is 1. The smallest absolute Gasteiger partial charge is 0.228 e. The van der Waals surface area contributed by atoms with Gasteiger partial charge in [0.25, 0.3) is 0 Å². The number of carbonyl (C=O) groups excluding carboxylic acids is 1. The Kier molecular flexibility index (Phi) is 4.62. The average molecular weight is 412 g/mol. The number of nitrogens with zero attached hydrogens (tertiary/aromatic N) is 5. The fourth-order valence-corrected chi connectivity index (χ4v) is 7.29. The molecule has 0 aromatic carbocycles. The van der Waals surface area contributed by atoms with Gasteiger partial charge in [0.2, 0.25) is 5.91 Å². The zero-order valence-corrected chi connectivity index (χ0v) is 17.8. The zero-order chi connectivity index (χ0) is 20.1. The lowest BCUT2D eigenvalue weighted by molar-refractivity contribution is -0.158. The van der Waals surface area contributed by atoms with Crippen LogP contribution in [-0.2, 0) is 9.53 Å². The van der Waals surface area contributed by atoms with Gasteiger partial charge in [0.15, 0.2) is 11.6 Å². The van der Waals surface area contributed by atoms with E-state index in [0.29, 0.717) is 5.91 Å². The first kappa shape index (κ1) is 18.8. The molecular weight excluding hydrogens is 378 g/mol. The van der Waals surface area contributed by atoms with Crippen molar-refractivity contribution in [3.8, 4) is 0 Å². The number of hydrogen-bond donors (Lipinski definition) is 0. The number of anilines is 2. The highest BCUT2D eigenvalue weighted by molar-refractivity contribution is 5.83. The molecule has 7 heteroatoms. The monoisotopic (exact) mass is 411 g/mol. The summed E-state index contributed by atoms with van der Waals surface area (Å²) in [5.41, 5.74) is -0.0173. The number of morpholine rings is 1. The molecule has 0 atom stereocenters. The van der Waals surface area contributed by atoms with E-state index in [-0.39, 0.29) is 5.41 Å². The van der Waals surface area contributed by atoms with Crippen LogP contribution >= 0.6 is 0 Å². The Labute approximate surface area is 178 Å². The van der Waals surface area contributed by atoms with E-state index < -0.39 is 0 Å². The summed E-state index contributed by atoms with van der Waals surface area (Å²) in [4.78, 5) is 20.2. The van der Waals surface area contributed by atoms with Gasteiger partial charge in [0.1, 0.15) is 0 Å². The van der Waals surface area contributed by atoms with Crippen LogP contribution in [0.1, 0.15) is 38.5 Å². The Balaban J connectivity index is 1.08. The van der Waals surface area contributed by atoms with Crippen LogP contribution in [0, 0.1) is 23.2 Å². The summed E-state index contributed by atoms with van der Waals surface area (Å²) in [6.45, 7) is 6.58. The fourth-order valence-electron chi connectivity index (χ4n) is 7.29. The molecule has 6 fully saturated rings. The molecule has 4 bridgehead atoms. The zero-order valence-electron chi connectivity index (χ0n) is 17.8. The van der Waals surface area contributed by atoms with Gasteiger partial charge in [0.05, 0.1) is 18.6 Å². The molecule has 6 aliphatic rings. The molecule has 0 unspecified atom stereocenters. The molecule has 1 aromatic heterocycles. The Morgan fingerprint density at radius 1 is 0.800 bits per heavy atom. The molecule has 1 aromatic rings. The molecule has 7 rings (SSSR count). The molecule has 4 aliphatic carbocycles. The Morgan fingerprint density at radius 3 is 1.80 bits per heavy atom. The van der Waals surface area contributed by atoms with Crippen LogP contribution in [0.2, 0.25) is 0 Å². The number of piperazine rings is 1. The second-order valence-corrected chi connectivity index (χ2v) is 10.3. The molecule has 1 amide bonds. The van der Waals surface area contributed by atoms with E-state index in [0.717, 1.165) is 101 Å². The van der Waals surface area contributed by atoms with Gasteiger partial charge in [0, 0.05) is 39.3 Å². The number of hydrogen-bond acceptors (Lipinski definition) is 6. The molecular formula is C23H33N5O2. The highest BCUT2D eigenvalue weighted by Gasteiger charge is 2.55. The molecule has 0 spiro atoms. The van der Waals surface area contributed by atoms with Crippen molar-refractivity contribution < 1.29 is 9.53 Å². The third kappa shape index (κ3) is 3.26. The Morgan fingerprint density at radius 2 is 1.30 bits per heavy atom. The average Bonchev–Trinajstić information content (AvgIpc) is 2.79. The number of aromatic nitrogens is 2. The minimum Gasteiger partial charge on any atom is -0.378 e. The fraction of sp³-hybridized carbons (Fsp3) is 0.783. The van der Waals surface area contributed by atoms with Crippen molar-refractivity contribution in [3.63, 3.8) is 0 Å². The minimum atomic E-state index is -0.0173. The predicted molar refractivity (Wildman–Crippen MR) is 114 cm³/mol. The standard InChI is InChI=1S/C23H33N5O2/c29-22(23-14-17-11-18(15-23)13-19(12-17)16-23)28-5-3-26(4-6-28)20-1-2-21(25-24-20)27-7-9-30-10-8-27/h1-2,17-19H,3-16H2. The van der Waals surface area contributed by atoms with Gasteiger partial charge in [-0.25, -0.2) is 0 Å². The lowest BCUT2D eigenvalue weighted by Crippen LogP contribution is -2.58. The van der Waals surface area contributed by atoms with E-state index in [1.54, 1.807) is 0 Å². The van der Waals surface area contributed by atoms with Crippen molar-refractivity contribution in [1.29, 1.82) is 0 Å². The van der Waals surface area contributed by atoms with Crippen LogP contribution in [0.5, 0.6) is 0 Å². The summed E-state index contributed by atoms with van der Waals surface area (Å²) in [6, 6.07) is 4.15. The SMILES string of the molecule is O=C(N1CCN(c2ccc(N3CCOCC3)nn2)CC1)C12CC3CC(CC(C3)C1)C2. The van der Waals surface area contributed by atoms with E-state index in [4.69, 9.17) is 4.74 Å². The normalized spacial score (nSPS) is 35.7. The maximum Gasteiger partial charge on any atom is 0.228 e. The van der Waals surface area contributed by atoms with Gasteiger partial charge in [-0.3, -0.25) is 4.79 Å². The first-order valence-corrected chi connectivity index (χ1v) is 11.9. The molecule has 0 radical (unpaired) electrons. The lowest BCUT2D eigenvalue weighted by Gasteiger charge is -2.57. The number of amides is 1. The van der Waals surface area contributed by atoms with Crippen LogP contribution < -0.4 is 9.80 Å². The second-order valence-electron chi connectivity index (χ2n) is 10.3. The summed E-state index contributed by atoms with van der Waals surface area (Å²) >= 11 is 0. The van der Waals surface area contributed by atoms with E-state index in [9.17, 15) is 4.79 Å². The number of carbonyl (C=O) groups is 1. The topological polar surface area (TPSA) is 61.8 Å². The predicted octanol–water partition coefficient (Wildman–Crippen LogP) is 2.18. The number of rotatable bonds is 3. The van der Waals surface area contributed by atoms with Gasteiger partial charge < -0.3 is 19.4 Å². The molecule has 30 heavy (non-hydrogen) atoms. The summed E-state index contributed by atoms with van der Waals surface area (Å²) in [6.07, 6.45) is 7.64. The van der Waals surface area contributed by atoms with Crippen molar-refractivity contribution in [2.24, 2.45) is 23.2 Å². The molecule has 4 saturated carbocycles. The summed E-state index contributed by atoms with van der Waals surface area (Å²) in [7, 11) is 0. The van der Waals surface area contributed by atoms with Gasteiger partial charge in [-0.15, -0.1) is 10.2 Å². The molecule has 162 valence electrons. The van der Waals surface area contributed by atoms with Crippen molar-refractivity contribution >= 4 is 17.5 Å². The summed E-state index contributed by atoms with van der Waals surface area (Å²) < 4.78 is 5.42. The third-order valence-corrected chi connectivity index (χ3v) is 8.35. The minimum absolute atomic E-state index is 0.0173. The van der Waals surface area contributed by atoms with Crippen molar-refractivity contribution in [2.45, 2.75) is 38.5 Å². The van der Waals surface area contributed by atoms with Crippen LogP contribution in [0.25, 0.3) is 0 Å². The van der Waals surface area contributed by atoms with E-state index in [2.05, 4.69) is 37.0 Å².